The Morgan fingerprint density at radius 3 is 2.48 bits per heavy atom. The van der Waals surface area contributed by atoms with Crippen molar-refractivity contribution in [1.29, 1.82) is 0 Å². The maximum absolute atomic E-state index is 13.7. The van der Waals surface area contributed by atoms with Crippen molar-refractivity contribution >= 4 is 5.96 Å². The SMILES string of the molecule is CCOCc1ccccc1CNC(=NC)NCC(C)Oc1ccccc1F. The number of ether oxygens (including phenoxy) is 2. The summed E-state index contributed by atoms with van der Waals surface area (Å²) in [7, 11) is 1.71. The number of nitrogens with one attached hydrogen (secondary N) is 2. The summed E-state index contributed by atoms with van der Waals surface area (Å²) in [5, 5.41) is 6.49. The van der Waals surface area contributed by atoms with Crippen molar-refractivity contribution in [3.63, 3.8) is 0 Å². The molecule has 0 heterocycles. The van der Waals surface area contributed by atoms with Gasteiger partial charge in [-0.05, 0) is 37.1 Å². The summed E-state index contributed by atoms with van der Waals surface area (Å²) in [5.74, 6) is 0.544. The Kier molecular flexibility index (Phi) is 8.58. The Morgan fingerprint density at radius 2 is 1.78 bits per heavy atom. The van der Waals surface area contributed by atoms with Crippen molar-refractivity contribution in [3.05, 3.63) is 65.5 Å². The monoisotopic (exact) mass is 373 g/mol. The largest absolute Gasteiger partial charge is 0.486 e. The summed E-state index contributed by atoms with van der Waals surface area (Å²) in [6.07, 6.45) is -0.217. The molecule has 27 heavy (non-hydrogen) atoms. The van der Waals surface area contributed by atoms with E-state index in [0.717, 1.165) is 11.1 Å². The van der Waals surface area contributed by atoms with Crippen LogP contribution in [0, 0.1) is 5.82 Å². The lowest BCUT2D eigenvalue weighted by Gasteiger charge is -2.18. The lowest BCUT2D eigenvalue weighted by molar-refractivity contribution is 0.133. The van der Waals surface area contributed by atoms with Gasteiger partial charge in [-0.15, -0.1) is 0 Å². The van der Waals surface area contributed by atoms with Gasteiger partial charge in [0.25, 0.3) is 0 Å². The maximum Gasteiger partial charge on any atom is 0.191 e. The van der Waals surface area contributed by atoms with Crippen molar-refractivity contribution in [3.8, 4) is 5.75 Å². The van der Waals surface area contributed by atoms with Gasteiger partial charge in [-0.1, -0.05) is 36.4 Å². The molecule has 0 aromatic heterocycles. The van der Waals surface area contributed by atoms with Crippen LogP contribution in [0.15, 0.2) is 53.5 Å². The van der Waals surface area contributed by atoms with Crippen molar-refractivity contribution in [2.75, 3.05) is 20.2 Å². The quantitative estimate of drug-likeness (QED) is 0.522. The molecule has 2 aromatic rings. The molecule has 146 valence electrons. The molecule has 2 aromatic carbocycles. The number of para-hydroxylation sites is 1. The molecule has 0 aliphatic heterocycles. The zero-order valence-electron chi connectivity index (χ0n) is 16.2. The van der Waals surface area contributed by atoms with Gasteiger partial charge in [0, 0.05) is 20.2 Å². The van der Waals surface area contributed by atoms with Crippen molar-refractivity contribution in [2.45, 2.75) is 33.1 Å². The number of guanidine groups is 1. The molecule has 5 nitrogen and oxygen atoms in total. The van der Waals surface area contributed by atoms with E-state index in [2.05, 4.69) is 27.8 Å². The van der Waals surface area contributed by atoms with Crippen LogP contribution in [0.5, 0.6) is 5.75 Å². The summed E-state index contributed by atoms with van der Waals surface area (Å²) >= 11 is 0. The molecule has 0 bridgehead atoms. The summed E-state index contributed by atoms with van der Waals surface area (Å²) in [6.45, 7) is 6.26. The van der Waals surface area contributed by atoms with Gasteiger partial charge in [0.05, 0.1) is 13.2 Å². The highest BCUT2D eigenvalue weighted by molar-refractivity contribution is 5.79. The molecule has 1 unspecified atom stereocenters. The lowest BCUT2D eigenvalue weighted by atomic mass is 10.1. The smallest absolute Gasteiger partial charge is 0.191 e. The molecule has 2 N–H and O–H groups in total. The van der Waals surface area contributed by atoms with Gasteiger partial charge >= 0.3 is 0 Å². The molecule has 1 atom stereocenters. The zero-order chi connectivity index (χ0) is 19.5. The van der Waals surface area contributed by atoms with E-state index in [1.807, 2.05) is 26.0 Å². The standard InChI is InChI=1S/C21H28FN3O2/c1-4-26-15-18-10-6-5-9-17(18)14-25-21(23-3)24-13-16(2)27-20-12-8-7-11-19(20)22/h5-12,16H,4,13-15H2,1-3H3,(H2,23,24,25). The number of aliphatic imine (C=N–C) groups is 1. The summed E-state index contributed by atoms with van der Waals surface area (Å²) < 4.78 is 24.8. The van der Waals surface area contributed by atoms with Gasteiger partial charge in [-0.25, -0.2) is 4.39 Å². The highest BCUT2D eigenvalue weighted by atomic mass is 19.1. The molecule has 0 spiro atoms. The van der Waals surface area contributed by atoms with Gasteiger partial charge in [-0.3, -0.25) is 4.99 Å². The molecule has 6 heteroatoms. The van der Waals surface area contributed by atoms with E-state index >= 15 is 0 Å². The molecule has 0 saturated carbocycles. The van der Waals surface area contributed by atoms with E-state index in [4.69, 9.17) is 9.47 Å². The predicted molar refractivity (Wildman–Crippen MR) is 106 cm³/mol. The first-order chi connectivity index (χ1) is 13.1. The molecule has 0 aliphatic rings. The Hall–Kier alpha value is -2.60. The molecule has 2 rings (SSSR count). The van der Waals surface area contributed by atoms with Crippen LogP contribution in [0.2, 0.25) is 0 Å². The molecular weight excluding hydrogens is 345 g/mol. The van der Waals surface area contributed by atoms with Crippen LogP contribution in [0.3, 0.4) is 0 Å². The third-order valence-corrected chi connectivity index (χ3v) is 3.97. The number of hydrogen-bond acceptors (Lipinski definition) is 3. The zero-order valence-corrected chi connectivity index (χ0v) is 16.2. The van der Waals surface area contributed by atoms with E-state index in [1.165, 1.54) is 6.07 Å². The van der Waals surface area contributed by atoms with E-state index in [0.29, 0.717) is 32.3 Å². The van der Waals surface area contributed by atoms with Gasteiger partial charge in [-0.2, -0.15) is 0 Å². The van der Waals surface area contributed by atoms with E-state index in [9.17, 15) is 4.39 Å². The van der Waals surface area contributed by atoms with Gasteiger partial charge in [0.15, 0.2) is 17.5 Å². The molecule has 0 aliphatic carbocycles. The first-order valence-corrected chi connectivity index (χ1v) is 9.14. The van der Waals surface area contributed by atoms with Crippen LogP contribution >= 0.6 is 0 Å². The fourth-order valence-corrected chi connectivity index (χ4v) is 2.52. The number of rotatable bonds is 9. The third-order valence-electron chi connectivity index (χ3n) is 3.97. The van der Waals surface area contributed by atoms with Crippen LogP contribution in [0.4, 0.5) is 4.39 Å². The maximum atomic E-state index is 13.7. The second-order valence-corrected chi connectivity index (χ2v) is 6.07. The van der Waals surface area contributed by atoms with Gasteiger partial charge in [0.1, 0.15) is 6.10 Å². The highest BCUT2D eigenvalue weighted by Gasteiger charge is 2.09. The van der Waals surface area contributed by atoms with E-state index in [1.54, 1.807) is 25.2 Å². The van der Waals surface area contributed by atoms with Crippen molar-refractivity contribution < 1.29 is 13.9 Å². The van der Waals surface area contributed by atoms with Crippen LogP contribution in [0.25, 0.3) is 0 Å². The Morgan fingerprint density at radius 1 is 1.07 bits per heavy atom. The predicted octanol–water partition coefficient (Wildman–Crippen LogP) is 3.49. The number of benzene rings is 2. The van der Waals surface area contributed by atoms with Crippen LogP contribution < -0.4 is 15.4 Å². The first kappa shape index (κ1) is 20.7. The Bertz CT molecular complexity index is 737. The number of hydrogen-bond donors (Lipinski definition) is 2. The van der Waals surface area contributed by atoms with Crippen LogP contribution in [-0.4, -0.2) is 32.3 Å². The van der Waals surface area contributed by atoms with Gasteiger partial charge < -0.3 is 20.1 Å². The minimum Gasteiger partial charge on any atom is -0.486 e. The van der Waals surface area contributed by atoms with Gasteiger partial charge in [0.2, 0.25) is 0 Å². The molecule has 0 radical (unpaired) electrons. The normalized spacial score (nSPS) is 12.5. The van der Waals surface area contributed by atoms with Crippen LogP contribution in [0.1, 0.15) is 25.0 Å². The van der Waals surface area contributed by atoms with Crippen molar-refractivity contribution in [2.24, 2.45) is 4.99 Å². The average molecular weight is 373 g/mol. The molecule has 0 amide bonds. The molecule has 0 fully saturated rings. The second kappa shape index (κ2) is 11.2. The number of nitrogens with zero attached hydrogens (tertiary/aromatic N) is 1. The fourth-order valence-electron chi connectivity index (χ4n) is 2.52. The summed E-state index contributed by atoms with van der Waals surface area (Å²) in [5.41, 5.74) is 2.31. The average Bonchev–Trinajstić information content (AvgIpc) is 2.69. The Labute approximate surface area is 160 Å². The van der Waals surface area contributed by atoms with E-state index in [-0.39, 0.29) is 17.7 Å². The van der Waals surface area contributed by atoms with Crippen LogP contribution in [-0.2, 0) is 17.9 Å². The lowest BCUT2D eigenvalue weighted by Crippen LogP contribution is -2.41. The van der Waals surface area contributed by atoms with Crippen molar-refractivity contribution in [1.82, 2.24) is 10.6 Å². The topological polar surface area (TPSA) is 54.9 Å². The second-order valence-electron chi connectivity index (χ2n) is 6.07. The molecular formula is C21H28FN3O2. The fraction of sp³-hybridized carbons (Fsp3) is 0.381. The number of halogens is 1. The summed E-state index contributed by atoms with van der Waals surface area (Å²) in [4.78, 5) is 4.23. The highest BCUT2D eigenvalue weighted by Crippen LogP contribution is 2.16. The first-order valence-electron chi connectivity index (χ1n) is 9.14. The molecule has 0 saturated heterocycles. The van der Waals surface area contributed by atoms with E-state index < -0.39 is 0 Å². The third kappa shape index (κ3) is 6.90. The minimum absolute atomic E-state index is 0.217. The summed E-state index contributed by atoms with van der Waals surface area (Å²) in [6, 6.07) is 14.5. The Balaban J connectivity index is 1.83. The minimum atomic E-state index is -0.363.